The van der Waals surface area contributed by atoms with Gasteiger partial charge in [-0.1, -0.05) is 28.7 Å². The second-order valence-corrected chi connectivity index (χ2v) is 7.54. The molecule has 1 aromatic carbocycles. The Morgan fingerprint density at radius 2 is 2.00 bits per heavy atom. The van der Waals surface area contributed by atoms with E-state index in [0.717, 1.165) is 31.9 Å². The van der Waals surface area contributed by atoms with Gasteiger partial charge >= 0.3 is 0 Å². The molecule has 0 unspecified atom stereocenters. The number of anilines is 1. The van der Waals surface area contributed by atoms with Crippen molar-refractivity contribution in [3.05, 3.63) is 41.7 Å². The number of hydrogen-bond donors (Lipinski definition) is 1. The van der Waals surface area contributed by atoms with Crippen molar-refractivity contribution in [2.45, 2.75) is 13.0 Å². The van der Waals surface area contributed by atoms with Crippen molar-refractivity contribution in [3.63, 3.8) is 0 Å². The highest BCUT2D eigenvalue weighted by Crippen LogP contribution is 2.36. The van der Waals surface area contributed by atoms with Gasteiger partial charge in [-0.2, -0.15) is 0 Å². The molecule has 3 heterocycles. The molecule has 0 bridgehead atoms. The van der Waals surface area contributed by atoms with Crippen LogP contribution in [0, 0.1) is 0 Å². The average molecular weight is 385 g/mol. The highest BCUT2D eigenvalue weighted by Gasteiger charge is 2.17. The summed E-state index contributed by atoms with van der Waals surface area (Å²) in [5.41, 5.74) is 7.37. The molecule has 2 N–H and O–H groups in total. The molecule has 0 fully saturated rings. The smallest absolute Gasteiger partial charge is 0.203 e. The van der Waals surface area contributed by atoms with Crippen molar-refractivity contribution in [2.24, 2.45) is 0 Å². The molecule has 8 nitrogen and oxygen atoms in total. The molecule has 0 radical (unpaired) electrons. The highest BCUT2D eigenvalue weighted by molar-refractivity contribution is 7.18. The first-order valence-electron chi connectivity index (χ1n) is 7.76. The molecule has 4 aromatic rings. The second kappa shape index (κ2) is 6.81. The van der Waals surface area contributed by atoms with Gasteiger partial charge in [0.05, 0.1) is 23.7 Å². The summed E-state index contributed by atoms with van der Waals surface area (Å²) < 4.78 is 7.16. The number of hydrogen-bond acceptors (Lipinski definition) is 9. The molecule has 0 spiro atoms. The first kappa shape index (κ1) is 16.6. The van der Waals surface area contributed by atoms with Crippen LogP contribution < -0.4 is 10.5 Å². The van der Waals surface area contributed by atoms with Gasteiger partial charge in [-0.25, -0.2) is 9.67 Å². The molecule has 0 amide bonds. The molecular formula is C16H15N7OS2. The number of thiazole rings is 1. The molecule has 132 valence electrons. The molecule has 0 saturated carbocycles. The Balaban J connectivity index is 1.62. The van der Waals surface area contributed by atoms with Gasteiger partial charge in [-0.3, -0.25) is 0 Å². The molecule has 4 rings (SSSR count). The Morgan fingerprint density at radius 1 is 1.15 bits per heavy atom. The van der Waals surface area contributed by atoms with Gasteiger partial charge in [-0.15, -0.1) is 26.6 Å². The van der Waals surface area contributed by atoms with E-state index in [-0.39, 0.29) is 6.04 Å². The van der Waals surface area contributed by atoms with Crippen LogP contribution in [0.25, 0.3) is 21.1 Å². The SMILES string of the molecule is COc1ccccc1-c1ncc(-c2cn([C@@H](C)c3nnc(N)s3)nn2)s1. The molecule has 0 aliphatic rings. The monoisotopic (exact) mass is 385 g/mol. The fraction of sp³-hybridized carbons (Fsp3) is 0.188. The Hall–Kier alpha value is -2.85. The van der Waals surface area contributed by atoms with Crippen molar-refractivity contribution in [2.75, 3.05) is 12.8 Å². The van der Waals surface area contributed by atoms with Crippen molar-refractivity contribution < 1.29 is 4.74 Å². The number of ether oxygens (including phenoxy) is 1. The van der Waals surface area contributed by atoms with Gasteiger partial charge in [0.25, 0.3) is 0 Å². The first-order chi connectivity index (χ1) is 12.7. The summed E-state index contributed by atoms with van der Waals surface area (Å²) in [5.74, 6) is 0.791. The largest absolute Gasteiger partial charge is 0.496 e. The Bertz CT molecular complexity index is 1040. The minimum atomic E-state index is -0.0901. The molecule has 26 heavy (non-hydrogen) atoms. The third-order valence-electron chi connectivity index (χ3n) is 3.82. The lowest BCUT2D eigenvalue weighted by Gasteiger charge is -2.05. The van der Waals surface area contributed by atoms with Gasteiger partial charge in [0.2, 0.25) is 5.13 Å². The van der Waals surface area contributed by atoms with Crippen LogP contribution in [-0.2, 0) is 0 Å². The van der Waals surface area contributed by atoms with E-state index < -0.39 is 0 Å². The van der Waals surface area contributed by atoms with Gasteiger partial charge in [0.15, 0.2) is 0 Å². The number of aromatic nitrogens is 6. The van der Waals surface area contributed by atoms with E-state index in [4.69, 9.17) is 10.5 Å². The third-order valence-corrected chi connectivity index (χ3v) is 5.79. The number of methoxy groups -OCH3 is 1. The molecule has 10 heteroatoms. The van der Waals surface area contributed by atoms with E-state index in [9.17, 15) is 0 Å². The summed E-state index contributed by atoms with van der Waals surface area (Å²) >= 11 is 2.89. The van der Waals surface area contributed by atoms with Crippen LogP contribution >= 0.6 is 22.7 Å². The first-order valence-corrected chi connectivity index (χ1v) is 9.39. The minimum Gasteiger partial charge on any atom is -0.496 e. The summed E-state index contributed by atoms with van der Waals surface area (Å²) in [7, 11) is 1.65. The topological polar surface area (TPSA) is 105 Å². The molecule has 0 saturated heterocycles. The second-order valence-electron chi connectivity index (χ2n) is 5.47. The van der Waals surface area contributed by atoms with Crippen LogP contribution in [0.2, 0.25) is 0 Å². The normalized spacial score (nSPS) is 12.2. The maximum absolute atomic E-state index is 5.66. The lowest BCUT2D eigenvalue weighted by Crippen LogP contribution is -2.07. The van der Waals surface area contributed by atoms with Gasteiger partial charge in [0.1, 0.15) is 27.5 Å². The maximum Gasteiger partial charge on any atom is 0.203 e. The summed E-state index contributed by atoms with van der Waals surface area (Å²) in [6, 6.07) is 7.71. The average Bonchev–Trinajstić information content (AvgIpc) is 3.41. The van der Waals surface area contributed by atoms with Crippen LogP contribution in [0.1, 0.15) is 18.0 Å². The van der Waals surface area contributed by atoms with Gasteiger partial charge in [-0.05, 0) is 19.1 Å². The predicted octanol–water partition coefficient (Wildman–Crippen LogP) is 3.12. The van der Waals surface area contributed by atoms with E-state index in [1.807, 2.05) is 37.4 Å². The standard InChI is InChI=1S/C16H15N7OS2/c1-9(14-20-21-16(17)26-14)23-8-11(19-22-23)13-7-18-15(25-13)10-5-3-4-6-12(10)24-2/h3-9H,1-2H3,(H2,17,21)/t9-/m0/s1. The van der Waals surface area contributed by atoms with Gasteiger partial charge < -0.3 is 10.5 Å². The summed E-state index contributed by atoms with van der Waals surface area (Å²) in [4.78, 5) is 5.44. The number of nitrogens with two attached hydrogens (primary N) is 1. The van der Waals surface area contributed by atoms with Crippen LogP contribution in [0.4, 0.5) is 5.13 Å². The number of para-hydroxylation sites is 1. The fourth-order valence-electron chi connectivity index (χ4n) is 2.45. The van der Waals surface area contributed by atoms with Crippen molar-refractivity contribution in [1.82, 2.24) is 30.2 Å². The molecule has 0 aliphatic carbocycles. The number of rotatable bonds is 5. The van der Waals surface area contributed by atoms with Gasteiger partial charge in [0, 0.05) is 6.20 Å². The lowest BCUT2D eigenvalue weighted by atomic mass is 10.2. The summed E-state index contributed by atoms with van der Waals surface area (Å²) in [6.07, 6.45) is 3.68. The van der Waals surface area contributed by atoms with E-state index >= 15 is 0 Å². The van der Waals surface area contributed by atoms with E-state index in [1.54, 1.807) is 29.3 Å². The number of nitrogen functional groups attached to an aromatic ring is 1. The molecule has 3 aromatic heterocycles. The quantitative estimate of drug-likeness (QED) is 0.563. The zero-order chi connectivity index (χ0) is 18.1. The number of nitrogens with zero attached hydrogens (tertiary/aromatic N) is 6. The summed E-state index contributed by atoms with van der Waals surface area (Å²) in [6.45, 7) is 1.98. The van der Waals surface area contributed by atoms with E-state index in [1.165, 1.54) is 11.3 Å². The molecule has 1 atom stereocenters. The lowest BCUT2D eigenvalue weighted by molar-refractivity contribution is 0.416. The zero-order valence-corrected chi connectivity index (χ0v) is 15.7. The summed E-state index contributed by atoms with van der Waals surface area (Å²) in [5, 5.41) is 18.5. The van der Waals surface area contributed by atoms with E-state index in [2.05, 4.69) is 25.5 Å². The van der Waals surface area contributed by atoms with Crippen LogP contribution in [-0.4, -0.2) is 37.3 Å². The minimum absolute atomic E-state index is 0.0901. The zero-order valence-electron chi connectivity index (χ0n) is 14.0. The van der Waals surface area contributed by atoms with Crippen LogP contribution in [0.5, 0.6) is 5.75 Å². The maximum atomic E-state index is 5.66. The predicted molar refractivity (Wildman–Crippen MR) is 101 cm³/mol. The van der Waals surface area contributed by atoms with Crippen molar-refractivity contribution in [3.8, 4) is 26.9 Å². The third kappa shape index (κ3) is 3.04. The van der Waals surface area contributed by atoms with E-state index in [0.29, 0.717) is 5.13 Å². The fourth-order valence-corrected chi connectivity index (χ4v) is 4.00. The van der Waals surface area contributed by atoms with Crippen LogP contribution in [0.3, 0.4) is 0 Å². The van der Waals surface area contributed by atoms with Crippen LogP contribution in [0.15, 0.2) is 36.7 Å². The Kier molecular flexibility index (Phi) is 4.35. The highest BCUT2D eigenvalue weighted by atomic mass is 32.1. The number of benzene rings is 1. The Labute approximate surface area is 157 Å². The van der Waals surface area contributed by atoms with Crippen molar-refractivity contribution >= 4 is 27.8 Å². The Morgan fingerprint density at radius 3 is 2.77 bits per heavy atom. The molecular weight excluding hydrogens is 370 g/mol. The molecule has 0 aliphatic heterocycles. The van der Waals surface area contributed by atoms with Crippen molar-refractivity contribution in [1.29, 1.82) is 0 Å².